The maximum Gasteiger partial charge on any atom is 0.0123 e. The van der Waals surface area contributed by atoms with E-state index in [2.05, 4.69) is 26.1 Å². The Hall–Kier alpha value is -0.0400. The van der Waals surface area contributed by atoms with Crippen LogP contribution in [0.5, 0.6) is 0 Å². The minimum absolute atomic E-state index is 0.803. The zero-order chi connectivity index (χ0) is 12.5. The van der Waals surface area contributed by atoms with Gasteiger partial charge in [-0.3, -0.25) is 0 Å². The van der Waals surface area contributed by atoms with Gasteiger partial charge >= 0.3 is 0 Å². The van der Waals surface area contributed by atoms with E-state index in [0.717, 1.165) is 24.4 Å². The maximum absolute atomic E-state index is 3.81. The van der Waals surface area contributed by atoms with Gasteiger partial charge < -0.3 is 5.32 Å². The van der Waals surface area contributed by atoms with Crippen molar-refractivity contribution in [3.63, 3.8) is 0 Å². The van der Waals surface area contributed by atoms with Crippen molar-refractivity contribution < 1.29 is 0 Å². The Kier molecular flexibility index (Phi) is 7.92. The molecule has 2 unspecified atom stereocenters. The Bertz CT molecular complexity index is 172. The predicted octanol–water partition coefficient (Wildman–Crippen LogP) is 4.76. The first-order chi connectivity index (χ1) is 8.33. The zero-order valence-corrected chi connectivity index (χ0v) is 12.3. The molecule has 0 aromatic carbocycles. The van der Waals surface area contributed by atoms with Crippen LogP contribution >= 0.6 is 0 Å². The second kappa shape index (κ2) is 8.97. The maximum atomic E-state index is 3.81. The molecule has 0 spiro atoms. The average molecular weight is 239 g/mol. The molecule has 0 amide bonds. The van der Waals surface area contributed by atoms with Crippen LogP contribution in [0, 0.1) is 11.8 Å². The normalized spacial score (nSPS) is 21.4. The molecule has 1 N–H and O–H groups in total. The lowest BCUT2D eigenvalue weighted by molar-refractivity contribution is 0.194. The van der Waals surface area contributed by atoms with Crippen LogP contribution < -0.4 is 5.32 Å². The van der Waals surface area contributed by atoms with Crippen LogP contribution in [-0.4, -0.2) is 12.6 Å². The molecule has 2 atom stereocenters. The largest absolute Gasteiger partial charge is 0.314 e. The van der Waals surface area contributed by atoms with E-state index in [0.29, 0.717) is 0 Å². The molecular weight excluding hydrogens is 206 g/mol. The van der Waals surface area contributed by atoms with Crippen LogP contribution in [0.25, 0.3) is 0 Å². The summed E-state index contributed by atoms with van der Waals surface area (Å²) in [6.07, 6.45) is 12.9. The van der Waals surface area contributed by atoms with E-state index in [-0.39, 0.29) is 0 Å². The Labute approximate surface area is 109 Å². The molecule has 1 nitrogen and oxygen atoms in total. The lowest BCUT2D eigenvalue weighted by Gasteiger charge is -2.36. The molecule has 1 saturated carbocycles. The van der Waals surface area contributed by atoms with Crippen molar-refractivity contribution in [2.45, 2.75) is 84.6 Å². The molecule has 1 fully saturated rings. The van der Waals surface area contributed by atoms with E-state index in [4.69, 9.17) is 0 Å². The summed E-state index contributed by atoms with van der Waals surface area (Å²) in [6, 6.07) is 0.803. The molecule has 1 rings (SSSR count). The second-order valence-electron chi connectivity index (χ2n) is 5.79. The smallest absolute Gasteiger partial charge is 0.0123 e. The molecule has 1 heteroatoms. The Morgan fingerprint density at radius 3 is 2.29 bits per heavy atom. The van der Waals surface area contributed by atoms with Crippen molar-refractivity contribution in [1.29, 1.82) is 0 Å². The van der Waals surface area contributed by atoms with Gasteiger partial charge in [0.05, 0.1) is 0 Å². The molecule has 0 bridgehead atoms. The Morgan fingerprint density at radius 2 is 1.76 bits per heavy atom. The van der Waals surface area contributed by atoms with E-state index in [1.165, 1.54) is 57.8 Å². The molecule has 1 aliphatic carbocycles. The topological polar surface area (TPSA) is 12.0 Å². The summed E-state index contributed by atoms with van der Waals surface area (Å²) in [4.78, 5) is 0. The van der Waals surface area contributed by atoms with Crippen molar-refractivity contribution >= 4 is 0 Å². The Morgan fingerprint density at radius 1 is 1.06 bits per heavy atom. The third kappa shape index (κ3) is 4.99. The molecular formula is C16H33N. The van der Waals surface area contributed by atoms with Crippen LogP contribution in [0.3, 0.4) is 0 Å². The summed E-state index contributed by atoms with van der Waals surface area (Å²) in [6.45, 7) is 8.11. The summed E-state index contributed by atoms with van der Waals surface area (Å²) in [5.41, 5.74) is 0. The summed E-state index contributed by atoms with van der Waals surface area (Å²) in [5, 5.41) is 3.81. The summed E-state index contributed by atoms with van der Waals surface area (Å²) in [7, 11) is 0. The number of unbranched alkanes of at least 4 members (excludes halogenated alkanes) is 1. The van der Waals surface area contributed by atoms with E-state index in [9.17, 15) is 0 Å². The highest BCUT2D eigenvalue weighted by Crippen LogP contribution is 2.32. The summed E-state index contributed by atoms with van der Waals surface area (Å²) < 4.78 is 0. The molecule has 0 heterocycles. The van der Waals surface area contributed by atoms with Crippen LogP contribution in [0.2, 0.25) is 0 Å². The van der Waals surface area contributed by atoms with Crippen LogP contribution in [0.1, 0.15) is 78.6 Å². The fourth-order valence-corrected chi connectivity index (χ4v) is 3.55. The molecule has 102 valence electrons. The minimum atomic E-state index is 0.803. The Balaban J connectivity index is 2.53. The van der Waals surface area contributed by atoms with E-state index >= 15 is 0 Å². The van der Waals surface area contributed by atoms with Gasteiger partial charge in [-0.1, -0.05) is 59.3 Å². The molecule has 1 aliphatic rings. The van der Waals surface area contributed by atoms with Gasteiger partial charge in [-0.25, -0.2) is 0 Å². The highest BCUT2D eigenvalue weighted by atomic mass is 14.9. The van der Waals surface area contributed by atoms with Gasteiger partial charge in [0.25, 0.3) is 0 Å². The summed E-state index contributed by atoms with van der Waals surface area (Å²) in [5.74, 6) is 1.88. The fourth-order valence-electron chi connectivity index (χ4n) is 3.55. The predicted molar refractivity (Wildman–Crippen MR) is 77.3 cm³/mol. The average Bonchev–Trinajstić information content (AvgIpc) is 2.39. The van der Waals surface area contributed by atoms with Crippen molar-refractivity contribution in [2.75, 3.05) is 6.54 Å². The first-order valence-corrected chi connectivity index (χ1v) is 8.06. The zero-order valence-electron chi connectivity index (χ0n) is 12.3. The minimum Gasteiger partial charge on any atom is -0.314 e. The van der Waals surface area contributed by atoms with Gasteiger partial charge in [0.2, 0.25) is 0 Å². The molecule has 17 heavy (non-hydrogen) atoms. The molecule has 0 aromatic rings. The van der Waals surface area contributed by atoms with Crippen LogP contribution in [0.15, 0.2) is 0 Å². The SMILES string of the molecule is CCCCC(CC)C(NCC)C1CCCCC1. The van der Waals surface area contributed by atoms with E-state index < -0.39 is 0 Å². The van der Waals surface area contributed by atoms with Crippen molar-refractivity contribution in [3.05, 3.63) is 0 Å². The van der Waals surface area contributed by atoms with Gasteiger partial charge in [0.15, 0.2) is 0 Å². The van der Waals surface area contributed by atoms with Gasteiger partial charge in [0.1, 0.15) is 0 Å². The standard InChI is InChI=1S/C16H33N/c1-4-7-11-14(5-2)16(17-6-3)15-12-9-8-10-13-15/h14-17H,4-13H2,1-3H3. The lowest BCUT2D eigenvalue weighted by Crippen LogP contribution is -2.43. The highest BCUT2D eigenvalue weighted by Gasteiger charge is 2.28. The van der Waals surface area contributed by atoms with Gasteiger partial charge in [0, 0.05) is 6.04 Å². The fraction of sp³-hybridized carbons (Fsp3) is 1.00. The van der Waals surface area contributed by atoms with Gasteiger partial charge in [-0.05, 0) is 37.6 Å². The molecule has 0 aliphatic heterocycles. The van der Waals surface area contributed by atoms with Crippen LogP contribution in [-0.2, 0) is 0 Å². The van der Waals surface area contributed by atoms with Gasteiger partial charge in [-0.2, -0.15) is 0 Å². The first-order valence-electron chi connectivity index (χ1n) is 8.06. The number of hydrogen-bond donors (Lipinski definition) is 1. The van der Waals surface area contributed by atoms with E-state index in [1.807, 2.05) is 0 Å². The van der Waals surface area contributed by atoms with Crippen molar-refractivity contribution in [2.24, 2.45) is 11.8 Å². The second-order valence-corrected chi connectivity index (χ2v) is 5.79. The number of rotatable bonds is 8. The summed E-state index contributed by atoms with van der Waals surface area (Å²) >= 11 is 0. The third-order valence-electron chi connectivity index (χ3n) is 4.56. The van der Waals surface area contributed by atoms with Gasteiger partial charge in [-0.15, -0.1) is 0 Å². The number of hydrogen-bond acceptors (Lipinski definition) is 1. The molecule has 0 saturated heterocycles. The molecule has 0 aromatic heterocycles. The number of nitrogens with one attached hydrogen (secondary N) is 1. The van der Waals surface area contributed by atoms with Crippen molar-refractivity contribution in [3.8, 4) is 0 Å². The quantitative estimate of drug-likeness (QED) is 0.644. The molecule has 0 radical (unpaired) electrons. The highest BCUT2D eigenvalue weighted by molar-refractivity contribution is 4.84. The van der Waals surface area contributed by atoms with E-state index in [1.54, 1.807) is 0 Å². The van der Waals surface area contributed by atoms with Crippen LogP contribution in [0.4, 0.5) is 0 Å². The first kappa shape index (κ1) is 15.0. The third-order valence-corrected chi connectivity index (χ3v) is 4.56. The monoisotopic (exact) mass is 239 g/mol. The van der Waals surface area contributed by atoms with Crippen molar-refractivity contribution in [1.82, 2.24) is 5.32 Å². The lowest BCUT2D eigenvalue weighted by atomic mass is 9.76.